The lowest BCUT2D eigenvalue weighted by molar-refractivity contribution is -0.115. The van der Waals surface area contributed by atoms with E-state index in [1.807, 2.05) is 0 Å². The van der Waals surface area contributed by atoms with Crippen molar-refractivity contribution in [3.63, 3.8) is 0 Å². The molecule has 7 nitrogen and oxygen atoms in total. The van der Waals surface area contributed by atoms with Gasteiger partial charge in [-0.2, -0.15) is 0 Å². The average molecular weight is 351 g/mol. The summed E-state index contributed by atoms with van der Waals surface area (Å²) in [5, 5.41) is 6.97. The van der Waals surface area contributed by atoms with Crippen molar-refractivity contribution in [1.29, 1.82) is 0 Å². The monoisotopic (exact) mass is 351 g/mol. The Morgan fingerprint density at radius 2 is 1.88 bits per heavy atom. The van der Waals surface area contributed by atoms with Gasteiger partial charge in [0.05, 0.1) is 17.1 Å². The maximum Gasteiger partial charge on any atom is 0.298 e. The molecule has 0 saturated carbocycles. The summed E-state index contributed by atoms with van der Waals surface area (Å²) in [6.07, 6.45) is 0. The van der Waals surface area contributed by atoms with Crippen molar-refractivity contribution in [3.8, 4) is 5.69 Å². The molecule has 8 heteroatoms. The zero-order valence-corrected chi connectivity index (χ0v) is 13.8. The third-order valence-electron chi connectivity index (χ3n) is 4.05. The molecule has 1 N–H and O–H groups in total. The first-order valence-corrected chi connectivity index (χ1v) is 7.93. The van der Waals surface area contributed by atoms with Crippen molar-refractivity contribution in [2.45, 2.75) is 6.92 Å². The van der Waals surface area contributed by atoms with Crippen LogP contribution in [0.25, 0.3) is 5.69 Å². The number of aromatic nitrogens is 3. The molecule has 4 rings (SSSR count). The van der Waals surface area contributed by atoms with Crippen LogP contribution < -0.4 is 10.2 Å². The van der Waals surface area contributed by atoms with E-state index in [1.54, 1.807) is 43.3 Å². The first-order valence-electron chi connectivity index (χ1n) is 7.93. The molecule has 0 spiro atoms. The molecule has 0 atom stereocenters. The first-order chi connectivity index (χ1) is 12.5. The highest BCUT2D eigenvalue weighted by atomic mass is 19.1. The number of carbonyl (C=O) groups excluding carboxylic acids is 2. The van der Waals surface area contributed by atoms with Crippen molar-refractivity contribution in [3.05, 3.63) is 66.0 Å². The van der Waals surface area contributed by atoms with Gasteiger partial charge < -0.3 is 5.32 Å². The lowest BCUT2D eigenvalue weighted by Crippen LogP contribution is -2.42. The van der Waals surface area contributed by atoms with Crippen LogP contribution in [0.3, 0.4) is 0 Å². The normalized spacial score (nSPS) is 13.3. The summed E-state index contributed by atoms with van der Waals surface area (Å²) in [4.78, 5) is 30.4. The Balaban J connectivity index is 1.71. The quantitative estimate of drug-likeness (QED) is 0.768. The van der Waals surface area contributed by atoms with Crippen LogP contribution in [-0.2, 0) is 4.79 Å². The summed E-state index contributed by atoms with van der Waals surface area (Å²) in [5.74, 6) is -0.673. The number of amides is 2. The molecule has 0 radical (unpaired) electrons. The standard InChI is InChI=1S/C18H14FN5O2/c1-11-20-17(22-24(11)13-8-6-12(19)7-9-13)18(26)23-10-16(25)21-14-4-2-3-5-15(14)23/h2-9H,10H2,1H3,(H,21,25). The summed E-state index contributed by atoms with van der Waals surface area (Å²) >= 11 is 0. The van der Waals surface area contributed by atoms with Crippen molar-refractivity contribution < 1.29 is 14.0 Å². The van der Waals surface area contributed by atoms with Crippen LogP contribution >= 0.6 is 0 Å². The van der Waals surface area contributed by atoms with Gasteiger partial charge in [-0.15, -0.1) is 5.10 Å². The second-order valence-electron chi connectivity index (χ2n) is 5.83. The molecule has 2 heterocycles. The second-order valence-corrected chi connectivity index (χ2v) is 5.83. The Morgan fingerprint density at radius 3 is 2.65 bits per heavy atom. The van der Waals surface area contributed by atoms with Gasteiger partial charge in [0.25, 0.3) is 5.91 Å². The van der Waals surface area contributed by atoms with Gasteiger partial charge in [-0.05, 0) is 43.3 Å². The summed E-state index contributed by atoms with van der Waals surface area (Å²) in [6.45, 7) is 1.59. The molecule has 1 aliphatic rings. The van der Waals surface area contributed by atoms with Crippen molar-refractivity contribution in [1.82, 2.24) is 14.8 Å². The number of fused-ring (bicyclic) bond motifs is 1. The summed E-state index contributed by atoms with van der Waals surface area (Å²) in [6, 6.07) is 12.8. The van der Waals surface area contributed by atoms with Crippen molar-refractivity contribution in [2.24, 2.45) is 0 Å². The van der Waals surface area contributed by atoms with Crippen LogP contribution in [0.2, 0.25) is 0 Å². The van der Waals surface area contributed by atoms with Crippen LogP contribution in [-0.4, -0.2) is 33.1 Å². The van der Waals surface area contributed by atoms with Gasteiger partial charge in [0.1, 0.15) is 18.2 Å². The molecule has 1 aromatic heterocycles. The van der Waals surface area contributed by atoms with Gasteiger partial charge in [0.15, 0.2) is 0 Å². The molecule has 0 fully saturated rings. The lowest BCUT2D eigenvalue weighted by atomic mass is 10.2. The summed E-state index contributed by atoms with van der Waals surface area (Å²) in [5.41, 5.74) is 1.74. The van der Waals surface area contributed by atoms with E-state index in [4.69, 9.17) is 0 Å². The molecule has 3 aromatic rings. The summed E-state index contributed by atoms with van der Waals surface area (Å²) < 4.78 is 14.6. The number of anilines is 2. The maximum atomic E-state index is 13.1. The van der Waals surface area contributed by atoms with Crippen LogP contribution in [0, 0.1) is 12.7 Å². The molecule has 2 amide bonds. The van der Waals surface area contributed by atoms with E-state index < -0.39 is 5.91 Å². The molecular weight excluding hydrogens is 337 g/mol. The number of nitrogens with zero attached hydrogens (tertiary/aromatic N) is 4. The van der Waals surface area contributed by atoms with E-state index in [-0.39, 0.29) is 24.1 Å². The van der Waals surface area contributed by atoms with E-state index in [9.17, 15) is 14.0 Å². The highest BCUT2D eigenvalue weighted by molar-refractivity contribution is 6.13. The van der Waals surface area contributed by atoms with E-state index in [1.165, 1.54) is 21.7 Å². The van der Waals surface area contributed by atoms with Gasteiger partial charge in [-0.1, -0.05) is 12.1 Å². The molecule has 130 valence electrons. The zero-order valence-electron chi connectivity index (χ0n) is 13.8. The first kappa shape index (κ1) is 15.9. The highest BCUT2D eigenvalue weighted by Crippen LogP contribution is 2.29. The number of benzene rings is 2. The number of rotatable bonds is 2. The van der Waals surface area contributed by atoms with Gasteiger partial charge >= 0.3 is 0 Å². The predicted octanol–water partition coefficient (Wildman–Crippen LogP) is 2.31. The topological polar surface area (TPSA) is 80.1 Å². The Morgan fingerprint density at radius 1 is 1.15 bits per heavy atom. The van der Waals surface area contributed by atoms with Crippen LogP contribution in [0.5, 0.6) is 0 Å². The van der Waals surface area contributed by atoms with E-state index >= 15 is 0 Å². The third kappa shape index (κ3) is 2.71. The van der Waals surface area contributed by atoms with Crippen LogP contribution in [0.1, 0.15) is 16.4 Å². The Kier molecular flexibility index (Phi) is 3.72. The van der Waals surface area contributed by atoms with Crippen molar-refractivity contribution in [2.75, 3.05) is 16.8 Å². The minimum absolute atomic E-state index is 0.0312. The molecule has 0 aliphatic carbocycles. The third-order valence-corrected chi connectivity index (χ3v) is 4.05. The van der Waals surface area contributed by atoms with Crippen LogP contribution in [0.4, 0.5) is 15.8 Å². The minimum atomic E-state index is -0.476. The zero-order chi connectivity index (χ0) is 18.3. The maximum absolute atomic E-state index is 13.1. The summed E-state index contributed by atoms with van der Waals surface area (Å²) in [7, 11) is 0. The Bertz CT molecular complexity index is 1010. The molecule has 0 unspecified atom stereocenters. The molecule has 0 bridgehead atoms. The fourth-order valence-electron chi connectivity index (χ4n) is 2.84. The molecular formula is C18H14FN5O2. The SMILES string of the molecule is Cc1nc(C(=O)N2CC(=O)Nc3ccccc32)nn1-c1ccc(F)cc1. The van der Waals surface area contributed by atoms with Gasteiger partial charge in [-0.25, -0.2) is 14.1 Å². The molecule has 0 saturated heterocycles. The lowest BCUT2D eigenvalue weighted by Gasteiger charge is -2.28. The highest BCUT2D eigenvalue weighted by Gasteiger charge is 2.30. The number of hydrogen-bond donors (Lipinski definition) is 1. The largest absolute Gasteiger partial charge is 0.323 e. The molecule has 1 aliphatic heterocycles. The smallest absolute Gasteiger partial charge is 0.298 e. The van der Waals surface area contributed by atoms with Crippen molar-refractivity contribution >= 4 is 23.2 Å². The van der Waals surface area contributed by atoms with E-state index in [0.717, 1.165) is 0 Å². The number of halogens is 1. The number of nitrogens with one attached hydrogen (secondary N) is 1. The Labute approximate surface area is 148 Å². The second kappa shape index (κ2) is 6.07. The van der Waals surface area contributed by atoms with Gasteiger partial charge in [-0.3, -0.25) is 14.5 Å². The fourth-order valence-corrected chi connectivity index (χ4v) is 2.84. The van der Waals surface area contributed by atoms with E-state index in [0.29, 0.717) is 22.9 Å². The molecule has 2 aromatic carbocycles. The van der Waals surface area contributed by atoms with E-state index in [2.05, 4.69) is 15.4 Å². The van der Waals surface area contributed by atoms with Gasteiger partial charge in [0, 0.05) is 0 Å². The number of aryl methyl sites for hydroxylation is 1. The minimum Gasteiger partial charge on any atom is -0.323 e. The number of hydrogen-bond acceptors (Lipinski definition) is 4. The number of carbonyl (C=O) groups is 2. The molecule has 26 heavy (non-hydrogen) atoms. The van der Waals surface area contributed by atoms with Crippen LogP contribution in [0.15, 0.2) is 48.5 Å². The number of para-hydroxylation sites is 2. The Hall–Kier alpha value is -3.55. The predicted molar refractivity (Wildman–Crippen MR) is 92.8 cm³/mol. The van der Waals surface area contributed by atoms with Gasteiger partial charge in [0.2, 0.25) is 11.7 Å². The fraction of sp³-hybridized carbons (Fsp3) is 0.111. The average Bonchev–Trinajstić information content (AvgIpc) is 3.03.